The monoisotopic (exact) mass is 269 g/mol. The number of nitrogens with zero attached hydrogens (tertiary/aromatic N) is 1. The van der Waals surface area contributed by atoms with Crippen LogP contribution in [0.5, 0.6) is 0 Å². The second kappa shape index (κ2) is 4.99. The lowest BCUT2D eigenvalue weighted by Crippen LogP contribution is -2.12. The molecule has 0 spiro atoms. The fraction of sp³-hybridized carbons (Fsp3) is 0.250. The zero-order chi connectivity index (χ0) is 11.6. The average molecular weight is 270 g/mol. The van der Waals surface area contributed by atoms with Gasteiger partial charge in [-0.1, -0.05) is 34.8 Å². The molecule has 0 unspecified atom stereocenters. The standard InChI is InChI=1S/C8H6Cl3NO3/c9-4-1-5(7(13)3-12(14)15)8(11)6(10)2-4/h1-2,7,13H,3H2/t7-/m0/s1. The Balaban J connectivity index is 3.07. The molecule has 82 valence electrons. The van der Waals surface area contributed by atoms with Crippen LogP contribution in [0.25, 0.3) is 0 Å². The van der Waals surface area contributed by atoms with Crippen molar-refractivity contribution in [1.29, 1.82) is 0 Å². The highest BCUT2D eigenvalue weighted by Crippen LogP contribution is 2.33. The Morgan fingerprint density at radius 3 is 2.53 bits per heavy atom. The summed E-state index contributed by atoms with van der Waals surface area (Å²) in [6.45, 7) is -0.642. The van der Waals surface area contributed by atoms with E-state index >= 15 is 0 Å². The van der Waals surface area contributed by atoms with Gasteiger partial charge >= 0.3 is 0 Å². The predicted molar refractivity (Wildman–Crippen MR) is 58.3 cm³/mol. The molecule has 7 heteroatoms. The van der Waals surface area contributed by atoms with E-state index in [1.54, 1.807) is 0 Å². The Kier molecular flexibility index (Phi) is 4.16. The van der Waals surface area contributed by atoms with Crippen molar-refractivity contribution in [3.05, 3.63) is 42.9 Å². The van der Waals surface area contributed by atoms with Gasteiger partial charge in [-0.05, 0) is 12.1 Å². The maximum absolute atomic E-state index is 10.2. The van der Waals surface area contributed by atoms with Gasteiger partial charge in [0.1, 0.15) is 6.10 Å². The lowest BCUT2D eigenvalue weighted by molar-refractivity contribution is -0.491. The summed E-state index contributed by atoms with van der Waals surface area (Å²) in [4.78, 5) is 9.56. The SMILES string of the molecule is O=[N+]([O-])C[C@H](O)c1cc(Cl)cc(Cl)c1Cl. The summed E-state index contributed by atoms with van der Waals surface area (Å²) in [6, 6.07) is 2.75. The van der Waals surface area contributed by atoms with Crippen molar-refractivity contribution in [2.45, 2.75) is 6.10 Å². The lowest BCUT2D eigenvalue weighted by Gasteiger charge is -2.10. The third-order valence-corrected chi connectivity index (χ3v) is 2.74. The van der Waals surface area contributed by atoms with Crippen molar-refractivity contribution in [2.75, 3.05) is 6.54 Å². The van der Waals surface area contributed by atoms with Crippen LogP contribution in [0.2, 0.25) is 15.1 Å². The Labute approximate surface area is 101 Å². The van der Waals surface area contributed by atoms with Gasteiger partial charge < -0.3 is 5.11 Å². The van der Waals surface area contributed by atoms with Crippen molar-refractivity contribution in [1.82, 2.24) is 0 Å². The molecule has 0 fully saturated rings. The first-order valence-corrected chi connectivity index (χ1v) is 4.99. The summed E-state index contributed by atoms with van der Waals surface area (Å²) in [5.41, 5.74) is 0.158. The van der Waals surface area contributed by atoms with Gasteiger partial charge in [-0.2, -0.15) is 0 Å². The van der Waals surface area contributed by atoms with Gasteiger partial charge in [0.2, 0.25) is 6.54 Å². The van der Waals surface area contributed by atoms with E-state index in [2.05, 4.69) is 0 Å². The number of rotatable bonds is 3. The molecule has 0 saturated carbocycles. The molecule has 0 aliphatic heterocycles. The van der Waals surface area contributed by atoms with Gasteiger partial charge in [0.15, 0.2) is 0 Å². The average Bonchev–Trinajstić information content (AvgIpc) is 2.09. The number of hydrogen-bond donors (Lipinski definition) is 1. The molecule has 15 heavy (non-hydrogen) atoms. The largest absolute Gasteiger partial charge is 0.381 e. The van der Waals surface area contributed by atoms with E-state index in [-0.39, 0.29) is 20.6 Å². The molecule has 1 atom stereocenters. The fourth-order valence-corrected chi connectivity index (χ4v) is 1.80. The zero-order valence-corrected chi connectivity index (χ0v) is 9.55. The van der Waals surface area contributed by atoms with Crippen LogP contribution in [0.4, 0.5) is 0 Å². The molecule has 0 heterocycles. The van der Waals surface area contributed by atoms with Gasteiger partial charge in [0.05, 0.1) is 10.0 Å². The van der Waals surface area contributed by atoms with Gasteiger partial charge in [-0.15, -0.1) is 0 Å². The molecule has 0 aliphatic carbocycles. The normalized spacial score (nSPS) is 12.5. The van der Waals surface area contributed by atoms with Crippen molar-refractivity contribution in [3.8, 4) is 0 Å². The molecule has 1 rings (SSSR count). The van der Waals surface area contributed by atoms with Crippen LogP contribution in [0.1, 0.15) is 11.7 Å². The first-order valence-electron chi connectivity index (χ1n) is 3.86. The highest BCUT2D eigenvalue weighted by atomic mass is 35.5. The van der Waals surface area contributed by atoms with E-state index in [0.29, 0.717) is 0 Å². The van der Waals surface area contributed by atoms with Gasteiger partial charge in [-0.3, -0.25) is 10.1 Å². The van der Waals surface area contributed by atoms with E-state index in [9.17, 15) is 15.2 Å². The topological polar surface area (TPSA) is 63.4 Å². The third kappa shape index (κ3) is 3.21. The van der Waals surface area contributed by atoms with Crippen LogP contribution >= 0.6 is 34.8 Å². The maximum Gasteiger partial charge on any atom is 0.233 e. The summed E-state index contributed by atoms with van der Waals surface area (Å²) >= 11 is 17.2. The van der Waals surface area contributed by atoms with Crippen LogP contribution < -0.4 is 0 Å². The zero-order valence-electron chi connectivity index (χ0n) is 7.28. The number of aliphatic hydroxyl groups excluding tert-OH is 1. The molecule has 0 bridgehead atoms. The Morgan fingerprint density at radius 2 is 2.00 bits per heavy atom. The summed E-state index contributed by atoms with van der Waals surface area (Å²) in [7, 11) is 0. The molecule has 0 aliphatic rings. The van der Waals surface area contributed by atoms with Crippen LogP contribution in [0.15, 0.2) is 12.1 Å². The van der Waals surface area contributed by atoms with E-state index in [1.165, 1.54) is 12.1 Å². The molecule has 1 N–H and O–H groups in total. The Bertz CT molecular complexity index is 397. The maximum atomic E-state index is 10.2. The van der Waals surface area contributed by atoms with Crippen LogP contribution in [0, 0.1) is 10.1 Å². The Morgan fingerprint density at radius 1 is 1.40 bits per heavy atom. The van der Waals surface area contributed by atoms with E-state index in [4.69, 9.17) is 34.8 Å². The lowest BCUT2D eigenvalue weighted by atomic mass is 10.1. The Hall–Kier alpha value is -0.550. The molecule has 4 nitrogen and oxygen atoms in total. The molecular formula is C8H6Cl3NO3. The number of halogens is 3. The van der Waals surface area contributed by atoms with Crippen molar-refractivity contribution >= 4 is 34.8 Å². The van der Waals surface area contributed by atoms with Crippen molar-refractivity contribution in [2.24, 2.45) is 0 Å². The van der Waals surface area contributed by atoms with Crippen molar-refractivity contribution in [3.63, 3.8) is 0 Å². The molecule has 0 saturated heterocycles. The predicted octanol–water partition coefficient (Wildman–Crippen LogP) is 2.96. The highest BCUT2D eigenvalue weighted by Gasteiger charge is 2.19. The summed E-state index contributed by atoms with van der Waals surface area (Å²) in [6.07, 6.45) is -1.32. The molecule has 1 aromatic rings. The molecule has 1 aromatic carbocycles. The van der Waals surface area contributed by atoms with E-state index < -0.39 is 17.6 Å². The quantitative estimate of drug-likeness (QED) is 0.522. The fourth-order valence-electron chi connectivity index (χ4n) is 1.06. The first-order chi connectivity index (χ1) is 6.91. The summed E-state index contributed by atoms with van der Waals surface area (Å²) < 4.78 is 0. The smallest absolute Gasteiger partial charge is 0.233 e. The number of benzene rings is 1. The van der Waals surface area contributed by atoms with Crippen LogP contribution in [0.3, 0.4) is 0 Å². The van der Waals surface area contributed by atoms with Crippen LogP contribution in [-0.2, 0) is 0 Å². The minimum absolute atomic E-state index is 0.0791. The van der Waals surface area contributed by atoms with Gasteiger partial charge in [0.25, 0.3) is 0 Å². The number of nitro groups is 1. The minimum Gasteiger partial charge on any atom is -0.381 e. The molecule has 0 radical (unpaired) electrons. The first kappa shape index (κ1) is 12.5. The van der Waals surface area contributed by atoms with Crippen LogP contribution in [-0.4, -0.2) is 16.6 Å². The second-order valence-electron chi connectivity index (χ2n) is 2.82. The minimum atomic E-state index is -1.32. The highest BCUT2D eigenvalue weighted by molar-refractivity contribution is 6.43. The summed E-state index contributed by atoms with van der Waals surface area (Å²) in [5, 5.41) is 20.2. The molecule has 0 amide bonds. The van der Waals surface area contributed by atoms with Gasteiger partial charge in [0, 0.05) is 15.5 Å². The van der Waals surface area contributed by atoms with Crippen molar-refractivity contribution < 1.29 is 10.0 Å². The third-order valence-electron chi connectivity index (χ3n) is 1.70. The number of hydrogen-bond acceptors (Lipinski definition) is 3. The second-order valence-corrected chi connectivity index (χ2v) is 4.04. The van der Waals surface area contributed by atoms with Gasteiger partial charge in [-0.25, -0.2) is 0 Å². The number of aliphatic hydroxyl groups is 1. The molecular weight excluding hydrogens is 264 g/mol. The van der Waals surface area contributed by atoms with E-state index in [1.807, 2.05) is 0 Å². The molecule has 0 aromatic heterocycles. The summed E-state index contributed by atoms with van der Waals surface area (Å²) in [5.74, 6) is 0. The van der Waals surface area contributed by atoms with E-state index in [0.717, 1.165) is 0 Å².